The first-order valence-corrected chi connectivity index (χ1v) is 19.2. The molecule has 0 heteroatoms. The van der Waals surface area contributed by atoms with Crippen LogP contribution in [0.25, 0.3) is 79.2 Å². The smallest absolute Gasteiger partial charge is 0.00296 e. The zero-order valence-corrected chi connectivity index (χ0v) is 29.6. The molecular weight excluding hydrogens is 625 g/mol. The van der Waals surface area contributed by atoms with E-state index in [1.807, 2.05) is 0 Å². The summed E-state index contributed by atoms with van der Waals surface area (Å²) in [6.45, 7) is 0. The Balaban J connectivity index is 1.23. The van der Waals surface area contributed by atoms with Crippen molar-refractivity contribution in [3.63, 3.8) is 0 Å². The third kappa shape index (κ3) is 5.20. The van der Waals surface area contributed by atoms with E-state index in [1.165, 1.54) is 86.9 Å². The summed E-state index contributed by atoms with van der Waals surface area (Å²) < 4.78 is 0. The fourth-order valence-electron chi connectivity index (χ4n) is 9.54. The number of hydrogen-bond acceptors (Lipinski definition) is 0. The third-order valence-corrected chi connectivity index (χ3v) is 11.9. The summed E-state index contributed by atoms with van der Waals surface area (Å²) in [6.07, 6.45) is 30.8. The molecule has 0 N–H and O–H groups in total. The Labute approximate surface area is 306 Å². The largest absolute Gasteiger partial charge is 0.0842 e. The van der Waals surface area contributed by atoms with Crippen molar-refractivity contribution in [2.24, 2.45) is 11.8 Å². The highest BCUT2D eigenvalue weighted by Gasteiger charge is 2.26. The second-order valence-corrected chi connectivity index (χ2v) is 14.8. The summed E-state index contributed by atoms with van der Waals surface area (Å²) in [4.78, 5) is 0. The second kappa shape index (κ2) is 13.1. The average molecular weight is 667 g/mol. The molecule has 0 aliphatic heterocycles. The van der Waals surface area contributed by atoms with Crippen LogP contribution in [0, 0.1) is 11.8 Å². The number of rotatable bonds is 5. The lowest BCUT2D eigenvalue weighted by atomic mass is 9.76. The first-order chi connectivity index (χ1) is 25.8. The summed E-state index contributed by atoms with van der Waals surface area (Å²) in [7, 11) is 0. The molecular formula is C52H42. The minimum Gasteiger partial charge on any atom is -0.0842 e. The summed E-state index contributed by atoms with van der Waals surface area (Å²) in [6, 6.07) is 40.4. The van der Waals surface area contributed by atoms with Crippen molar-refractivity contribution in [3.8, 4) is 22.3 Å². The van der Waals surface area contributed by atoms with Crippen molar-refractivity contribution in [2.75, 3.05) is 0 Å². The van der Waals surface area contributed by atoms with Crippen molar-refractivity contribution in [1.29, 1.82) is 0 Å². The lowest BCUT2D eigenvalue weighted by Crippen LogP contribution is -2.38. The van der Waals surface area contributed by atoms with E-state index in [0.717, 1.165) is 38.5 Å². The van der Waals surface area contributed by atoms with Gasteiger partial charge in [-0.25, -0.2) is 0 Å². The van der Waals surface area contributed by atoms with E-state index >= 15 is 0 Å². The zero-order chi connectivity index (χ0) is 34.4. The zero-order valence-electron chi connectivity index (χ0n) is 29.6. The molecule has 0 amide bonds. The molecule has 0 aromatic heterocycles. The van der Waals surface area contributed by atoms with Crippen LogP contribution in [0.2, 0.25) is 0 Å². The number of fused-ring (bicyclic) bond motifs is 4. The molecule has 2 unspecified atom stereocenters. The van der Waals surface area contributed by atoms with Gasteiger partial charge in [-0.05, 0) is 137 Å². The van der Waals surface area contributed by atoms with Gasteiger partial charge in [-0.15, -0.1) is 0 Å². The maximum Gasteiger partial charge on any atom is -0.00296 e. The van der Waals surface area contributed by atoms with Gasteiger partial charge in [-0.3, -0.25) is 0 Å². The van der Waals surface area contributed by atoms with Crippen molar-refractivity contribution >= 4 is 57.0 Å². The molecule has 4 aliphatic rings. The van der Waals surface area contributed by atoms with Crippen molar-refractivity contribution in [2.45, 2.75) is 38.5 Å². The molecule has 52 heavy (non-hydrogen) atoms. The molecule has 6 aromatic carbocycles. The van der Waals surface area contributed by atoms with Gasteiger partial charge in [0.2, 0.25) is 0 Å². The fraction of sp³-hybridized carbons (Fsp3) is 0.154. The maximum atomic E-state index is 2.68. The monoisotopic (exact) mass is 666 g/mol. The molecule has 0 nitrogen and oxygen atoms in total. The van der Waals surface area contributed by atoms with Crippen LogP contribution in [-0.4, -0.2) is 0 Å². The van der Waals surface area contributed by atoms with Crippen LogP contribution >= 0.6 is 0 Å². The highest BCUT2D eigenvalue weighted by Crippen LogP contribution is 2.37. The van der Waals surface area contributed by atoms with Gasteiger partial charge in [-0.1, -0.05) is 170 Å². The van der Waals surface area contributed by atoms with E-state index < -0.39 is 0 Å². The van der Waals surface area contributed by atoms with Crippen molar-refractivity contribution in [3.05, 3.63) is 178 Å². The summed E-state index contributed by atoms with van der Waals surface area (Å²) in [5.74, 6) is 0.795. The predicted molar refractivity (Wildman–Crippen MR) is 224 cm³/mol. The van der Waals surface area contributed by atoms with Crippen LogP contribution in [-0.2, 0) is 0 Å². The van der Waals surface area contributed by atoms with E-state index in [4.69, 9.17) is 0 Å². The Bertz CT molecular complexity index is 2770. The van der Waals surface area contributed by atoms with E-state index in [-0.39, 0.29) is 0 Å². The van der Waals surface area contributed by atoms with Crippen LogP contribution < -0.4 is 20.9 Å². The number of allylic oxidation sites excluding steroid dienone is 8. The van der Waals surface area contributed by atoms with E-state index in [2.05, 4.69) is 170 Å². The van der Waals surface area contributed by atoms with Crippen LogP contribution in [0.3, 0.4) is 0 Å². The van der Waals surface area contributed by atoms with Gasteiger partial charge in [0.25, 0.3) is 0 Å². The molecule has 0 bridgehead atoms. The average Bonchev–Trinajstić information content (AvgIpc) is 3.22. The molecule has 4 aliphatic carbocycles. The second-order valence-electron chi connectivity index (χ2n) is 14.8. The van der Waals surface area contributed by atoms with Gasteiger partial charge < -0.3 is 0 Å². The topological polar surface area (TPSA) is 0 Å². The quantitative estimate of drug-likeness (QED) is 0.172. The Hall–Kier alpha value is -5.72. The van der Waals surface area contributed by atoms with Gasteiger partial charge in [0.05, 0.1) is 0 Å². The molecule has 6 aromatic rings. The summed E-state index contributed by atoms with van der Waals surface area (Å²) in [5, 5.41) is 11.1. The number of hydrogen-bond donors (Lipinski definition) is 0. The highest BCUT2D eigenvalue weighted by molar-refractivity contribution is 6.05. The molecule has 0 spiro atoms. The van der Waals surface area contributed by atoms with Gasteiger partial charge in [0.1, 0.15) is 0 Å². The van der Waals surface area contributed by atoms with Gasteiger partial charge >= 0.3 is 0 Å². The molecule has 10 rings (SSSR count). The van der Waals surface area contributed by atoms with Crippen LogP contribution in [0.1, 0.15) is 49.7 Å². The Morgan fingerprint density at radius 2 is 0.769 bits per heavy atom. The summed E-state index contributed by atoms with van der Waals surface area (Å²) >= 11 is 0. The first-order valence-electron chi connectivity index (χ1n) is 19.2. The fourth-order valence-corrected chi connectivity index (χ4v) is 9.54. The molecule has 2 atom stereocenters. The lowest BCUT2D eigenvalue weighted by molar-refractivity contribution is 0.544. The van der Waals surface area contributed by atoms with Crippen LogP contribution in [0.5, 0.6) is 0 Å². The Kier molecular flexibility index (Phi) is 7.83. The van der Waals surface area contributed by atoms with E-state index in [1.54, 1.807) is 0 Å². The molecule has 0 saturated carbocycles. The lowest BCUT2D eigenvalue weighted by Gasteiger charge is -2.28. The Morgan fingerprint density at radius 3 is 1.23 bits per heavy atom. The van der Waals surface area contributed by atoms with Crippen LogP contribution in [0.4, 0.5) is 0 Å². The Morgan fingerprint density at radius 1 is 0.385 bits per heavy atom. The minimum atomic E-state index is 0.397. The minimum absolute atomic E-state index is 0.397. The molecule has 0 saturated heterocycles. The van der Waals surface area contributed by atoms with Crippen molar-refractivity contribution in [1.82, 2.24) is 0 Å². The molecule has 0 radical (unpaired) electrons. The normalized spacial score (nSPS) is 19.0. The predicted octanol–water partition coefficient (Wildman–Crippen LogP) is 10.7. The SMILES string of the molecule is C1=CCCC(c2c3c(c(-c4ccccc4)c4ccccc24)=CCC(C2C=c4c(-c5ccccc5)c5ccccc5c(C5=CC=CCC5)c4=CC2)C=3)=C1. The molecule has 0 fully saturated rings. The molecule has 0 heterocycles. The standard InChI is InChI=1S/C52H42/c1-5-17-35(18-6-1)49-41-25-13-15-27-43(41)51(37-21-9-3-10-22-37)47-33-39(29-31-45(47)49)40-30-32-46-48(34-40)52(38-23-11-4-12-24-38)44-28-16-14-26-42(44)50(46)36-19-7-2-8-20-36/h1-7,9,11-19,21,23-28,31-34,39-40H,8,10,20,22,29-30H2. The summed E-state index contributed by atoms with van der Waals surface area (Å²) in [5.41, 5.74) is 11.1. The molecule has 250 valence electrons. The van der Waals surface area contributed by atoms with Gasteiger partial charge in [0, 0.05) is 0 Å². The van der Waals surface area contributed by atoms with Crippen LogP contribution in [0.15, 0.2) is 146 Å². The third-order valence-electron chi connectivity index (χ3n) is 11.9. The highest BCUT2D eigenvalue weighted by atomic mass is 14.3. The maximum absolute atomic E-state index is 2.68. The van der Waals surface area contributed by atoms with E-state index in [9.17, 15) is 0 Å². The van der Waals surface area contributed by atoms with Gasteiger partial charge in [-0.2, -0.15) is 0 Å². The van der Waals surface area contributed by atoms with E-state index in [0.29, 0.717) is 11.8 Å². The number of benzene rings is 6. The van der Waals surface area contributed by atoms with Gasteiger partial charge in [0.15, 0.2) is 0 Å². The van der Waals surface area contributed by atoms with Crippen molar-refractivity contribution < 1.29 is 0 Å². The first kappa shape index (κ1) is 31.1.